The summed E-state index contributed by atoms with van der Waals surface area (Å²) in [4.78, 5) is 32.7. The molecule has 0 saturated heterocycles. The van der Waals surface area contributed by atoms with Crippen LogP contribution in [0.3, 0.4) is 0 Å². The van der Waals surface area contributed by atoms with Crippen molar-refractivity contribution in [3.8, 4) is 34.7 Å². The molecule has 43 heavy (non-hydrogen) atoms. The lowest BCUT2D eigenvalue weighted by molar-refractivity contribution is -0.0533. The number of hydrazine groups is 1. The lowest BCUT2D eigenvalue weighted by atomic mass is 10.2. The van der Waals surface area contributed by atoms with E-state index in [9.17, 15) is 13.6 Å². The number of aromatic nitrogens is 8. The van der Waals surface area contributed by atoms with E-state index in [2.05, 4.69) is 56.7 Å². The highest BCUT2D eigenvalue weighted by Gasteiger charge is 2.18. The molecule has 5 rings (SSSR count). The molecule has 0 spiro atoms. The molecule has 0 atom stereocenters. The fraction of sp³-hybridized carbons (Fsp3) is 0.167. The molecule has 0 saturated carbocycles. The van der Waals surface area contributed by atoms with Crippen molar-refractivity contribution in [1.82, 2.24) is 45.5 Å². The van der Waals surface area contributed by atoms with E-state index < -0.39 is 17.4 Å². The summed E-state index contributed by atoms with van der Waals surface area (Å²) in [6.07, 6.45) is 5.91. The maximum absolute atomic E-state index is 13.4. The number of aromatic amines is 1. The first-order valence-electron chi connectivity index (χ1n) is 11.7. The number of ketones is 1. The molecular weight excluding hydrogens is 576 g/mol. The van der Waals surface area contributed by atoms with E-state index in [0.717, 1.165) is 12.4 Å². The van der Waals surface area contributed by atoms with Crippen molar-refractivity contribution in [1.29, 1.82) is 0 Å². The van der Waals surface area contributed by atoms with Crippen molar-refractivity contribution in [3.63, 3.8) is 0 Å². The Balaban J connectivity index is 0.000000224. The molecule has 17 nitrogen and oxygen atoms in total. The van der Waals surface area contributed by atoms with Crippen LogP contribution in [-0.4, -0.2) is 79.7 Å². The first-order valence-corrected chi connectivity index (χ1v) is 11.7. The number of nitrogens with one attached hydrogen (secondary N) is 1. The third-order valence-corrected chi connectivity index (χ3v) is 5.13. The molecular formula is C24H25F2N11O6. The van der Waals surface area contributed by atoms with Crippen molar-refractivity contribution in [2.75, 3.05) is 28.4 Å². The van der Waals surface area contributed by atoms with Crippen molar-refractivity contribution in [2.45, 2.75) is 0 Å². The van der Waals surface area contributed by atoms with Gasteiger partial charge in [-0.2, -0.15) is 23.8 Å². The van der Waals surface area contributed by atoms with Gasteiger partial charge in [0.05, 0.1) is 33.7 Å². The molecule has 0 bridgehead atoms. The van der Waals surface area contributed by atoms with Crippen molar-refractivity contribution in [2.24, 2.45) is 11.7 Å². The average molecular weight is 602 g/mol. The maximum atomic E-state index is 13.4. The van der Waals surface area contributed by atoms with Crippen LogP contribution < -0.4 is 21.2 Å². The molecule has 5 aromatic heterocycles. The summed E-state index contributed by atoms with van der Waals surface area (Å²) in [5.74, 6) is 6.19. The lowest BCUT2D eigenvalue weighted by Crippen LogP contribution is -2.18. The van der Waals surface area contributed by atoms with E-state index in [1.807, 2.05) is 0 Å². The van der Waals surface area contributed by atoms with Gasteiger partial charge in [0.15, 0.2) is 17.3 Å². The number of nitrogens with zero attached hydrogens (tertiary/aromatic N) is 8. The zero-order chi connectivity index (χ0) is 31.4. The number of hydrogen-bond acceptors (Lipinski definition) is 16. The minimum Gasteiger partial charge on any atom is -0.479 e. The highest BCUT2D eigenvalue weighted by Crippen LogP contribution is 2.23. The fourth-order valence-corrected chi connectivity index (χ4v) is 3.09. The summed E-state index contributed by atoms with van der Waals surface area (Å²) in [5, 5.41) is 15.4. The molecule has 0 fully saturated rings. The monoisotopic (exact) mass is 601 g/mol. The van der Waals surface area contributed by atoms with Crippen LogP contribution in [0, 0.1) is 11.6 Å². The standard InChI is InChI=1S/C13H13FN4O4.C11H8FN5O2.H4N2/c1-18(21-3)10(6-11(19)9-4-5-22-17-9)12-15-7-8(14)13(16-12)20-2;1-18-11-6(12)5-13-10(14-11)9-4-8(15-16-9)7-2-3-19-17-7;1-2/h4-7H,1-3H3;2-5H,1H3,(H,15,16);1-2H2/b10-6+;;. The lowest BCUT2D eigenvalue weighted by Gasteiger charge is -2.18. The molecule has 0 aliphatic heterocycles. The number of hydrogen-bond donors (Lipinski definition) is 3. The summed E-state index contributed by atoms with van der Waals surface area (Å²) in [5.41, 5.74) is 1.99. The number of halogens is 2. The smallest absolute Gasteiger partial charge is 0.253 e. The van der Waals surface area contributed by atoms with Crippen molar-refractivity contribution >= 4 is 11.5 Å². The molecule has 0 aliphatic carbocycles. The molecule has 5 aromatic rings. The first-order chi connectivity index (χ1) is 20.8. The Morgan fingerprint density at radius 3 is 2.21 bits per heavy atom. The molecule has 0 unspecified atom stereocenters. The van der Waals surface area contributed by atoms with E-state index >= 15 is 0 Å². The quantitative estimate of drug-likeness (QED) is 0.0945. The Morgan fingerprint density at radius 1 is 0.953 bits per heavy atom. The number of hydroxylamine groups is 2. The fourth-order valence-electron chi connectivity index (χ4n) is 3.09. The summed E-state index contributed by atoms with van der Waals surface area (Å²) in [6.45, 7) is 0. The average Bonchev–Trinajstić information content (AvgIpc) is 3.85. The van der Waals surface area contributed by atoms with Crippen molar-refractivity contribution < 1.29 is 36.9 Å². The van der Waals surface area contributed by atoms with Crippen molar-refractivity contribution in [3.05, 3.63) is 72.3 Å². The highest BCUT2D eigenvalue weighted by atomic mass is 19.1. The van der Waals surface area contributed by atoms with Crippen LogP contribution in [0.1, 0.15) is 16.3 Å². The summed E-state index contributed by atoms with van der Waals surface area (Å²) in [7, 11) is 5.55. The molecule has 0 aromatic carbocycles. The van der Waals surface area contributed by atoms with Crippen LogP contribution in [-0.2, 0) is 4.84 Å². The number of nitrogens with two attached hydrogens (primary N) is 2. The second kappa shape index (κ2) is 15.4. The van der Waals surface area contributed by atoms with E-state index in [0.29, 0.717) is 17.1 Å². The molecule has 5 N–H and O–H groups in total. The summed E-state index contributed by atoms with van der Waals surface area (Å²) < 4.78 is 45.6. The van der Waals surface area contributed by atoms with Crippen LogP contribution in [0.4, 0.5) is 8.78 Å². The largest absolute Gasteiger partial charge is 0.479 e. The van der Waals surface area contributed by atoms with E-state index in [-0.39, 0.29) is 34.8 Å². The molecule has 0 radical (unpaired) electrons. The maximum Gasteiger partial charge on any atom is 0.253 e. The van der Waals surface area contributed by atoms with Gasteiger partial charge in [-0.05, 0) is 6.07 Å². The van der Waals surface area contributed by atoms with Gasteiger partial charge in [-0.3, -0.25) is 31.5 Å². The Hall–Kier alpha value is -5.66. The minimum atomic E-state index is -0.714. The van der Waals surface area contributed by atoms with E-state index in [1.165, 1.54) is 51.1 Å². The molecule has 19 heteroatoms. The highest BCUT2D eigenvalue weighted by molar-refractivity contribution is 6.06. The van der Waals surface area contributed by atoms with E-state index in [4.69, 9.17) is 18.8 Å². The predicted molar refractivity (Wildman–Crippen MR) is 142 cm³/mol. The zero-order valence-electron chi connectivity index (χ0n) is 23.1. The van der Waals surface area contributed by atoms with Gasteiger partial charge >= 0.3 is 0 Å². The molecule has 5 heterocycles. The minimum absolute atomic E-state index is 0.0550. The van der Waals surface area contributed by atoms with Gasteiger partial charge in [0.25, 0.3) is 11.8 Å². The summed E-state index contributed by atoms with van der Waals surface area (Å²) >= 11 is 0. The number of H-pyrrole nitrogens is 1. The number of methoxy groups -OCH3 is 2. The normalized spacial score (nSPS) is 10.7. The zero-order valence-corrected chi connectivity index (χ0v) is 23.1. The Bertz CT molecular complexity index is 1630. The third-order valence-electron chi connectivity index (χ3n) is 5.13. The second-order valence-corrected chi connectivity index (χ2v) is 7.61. The van der Waals surface area contributed by atoms with Gasteiger partial charge in [-0.15, -0.1) is 0 Å². The van der Waals surface area contributed by atoms with Crippen LogP contribution in [0.5, 0.6) is 11.8 Å². The SMILES string of the molecule is COc1nc(-c2cc(-c3ccon3)n[nH]2)ncc1F.COc1nc(/C(=C\C(=O)c2ccon2)N(C)OC)ncc1F.NN. The Labute approximate surface area is 241 Å². The van der Waals surface area contributed by atoms with Gasteiger partial charge in [0, 0.05) is 25.3 Å². The second-order valence-electron chi connectivity index (χ2n) is 7.61. The number of rotatable bonds is 9. The molecule has 0 aliphatic rings. The van der Waals surface area contributed by atoms with Gasteiger partial charge in [0.1, 0.15) is 35.3 Å². The van der Waals surface area contributed by atoms with Gasteiger partial charge < -0.3 is 18.5 Å². The molecule has 226 valence electrons. The third kappa shape index (κ3) is 7.97. The van der Waals surface area contributed by atoms with Crippen LogP contribution in [0.2, 0.25) is 0 Å². The predicted octanol–water partition coefficient (Wildman–Crippen LogP) is 1.82. The number of carbonyl (C=O) groups excluding carboxylic acids is 1. The topological polar surface area (TPSA) is 232 Å². The van der Waals surface area contributed by atoms with Crippen LogP contribution in [0.25, 0.3) is 28.6 Å². The van der Waals surface area contributed by atoms with Gasteiger partial charge in [0.2, 0.25) is 17.4 Å². The van der Waals surface area contributed by atoms with Gasteiger partial charge in [-0.25, -0.2) is 9.97 Å². The summed E-state index contributed by atoms with van der Waals surface area (Å²) in [6, 6.07) is 4.77. The van der Waals surface area contributed by atoms with E-state index in [1.54, 1.807) is 19.2 Å². The first kappa shape index (κ1) is 31.9. The number of carbonyl (C=O) groups is 1. The Kier molecular flexibility index (Phi) is 11.4. The van der Waals surface area contributed by atoms with Gasteiger partial charge in [-0.1, -0.05) is 10.3 Å². The van der Waals surface area contributed by atoms with Crippen LogP contribution in [0.15, 0.2) is 58.2 Å². The number of ether oxygens (including phenoxy) is 2. The number of allylic oxidation sites excluding steroid dienone is 1. The molecule has 0 amide bonds. The van der Waals surface area contributed by atoms with Crippen LogP contribution >= 0.6 is 0 Å². The Morgan fingerprint density at radius 2 is 1.60 bits per heavy atom.